The quantitative estimate of drug-likeness (QED) is 0.328. The third-order valence-electron chi connectivity index (χ3n) is 4.35. The molecular weight excluding hydrogens is 438 g/mol. The first-order chi connectivity index (χ1) is 14.8. The van der Waals surface area contributed by atoms with Crippen LogP contribution in [-0.4, -0.2) is 33.1 Å². The second-order valence-corrected chi connectivity index (χ2v) is 6.99. The number of aromatic amines is 1. The van der Waals surface area contributed by atoms with Crippen LogP contribution in [0.1, 0.15) is 35.4 Å². The van der Waals surface area contributed by atoms with E-state index < -0.39 is 29.8 Å². The van der Waals surface area contributed by atoms with Crippen LogP contribution in [0.5, 0.6) is 5.75 Å². The molecule has 0 radical (unpaired) electrons. The second kappa shape index (κ2) is 9.22. The van der Waals surface area contributed by atoms with E-state index in [1.165, 1.54) is 31.0 Å². The first-order valence-corrected chi connectivity index (χ1v) is 9.91. The molecule has 3 rings (SSSR count). The number of halogens is 4. The number of H-pyrrole nitrogens is 1. The van der Waals surface area contributed by atoms with Crippen LogP contribution in [0.2, 0.25) is 0 Å². The molecule has 0 fully saturated rings. The van der Waals surface area contributed by atoms with Crippen molar-refractivity contribution >= 4 is 11.8 Å². The lowest BCUT2D eigenvalue weighted by Crippen LogP contribution is -2.15. The topological polar surface area (TPSA) is 96.6 Å². The Morgan fingerprint density at radius 2 is 2.00 bits per heavy atom. The molecule has 1 aromatic carbocycles. The normalized spacial score (nSPS) is 11.2. The molecule has 0 saturated heterocycles. The molecule has 7 nitrogen and oxygen atoms in total. The summed E-state index contributed by atoms with van der Waals surface area (Å²) < 4.78 is 58.6. The summed E-state index contributed by atoms with van der Waals surface area (Å²) in [6.07, 6.45) is -4.33. The molecule has 2 heterocycles. The molecule has 0 aliphatic rings. The third-order valence-corrected chi connectivity index (χ3v) is 4.93. The van der Waals surface area contributed by atoms with Gasteiger partial charge in [0, 0.05) is 11.1 Å². The summed E-state index contributed by atoms with van der Waals surface area (Å²) in [5, 5.41) is 13.2. The predicted molar refractivity (Wildman–Crippen MR) is 105 cm³/mol. The van der Waals surface area contributed by atoms with Crippen molar-refractivity contribution in [3.05, 3.63) is 57.1 Å². The minimum absolute atomic E-state index is 0.0994. The van der Waals surface area contributed by atoms with Crippen molar-refractivity contribution in [2.24, 2.45) is 0 Å². The van der Waals surface area contributed by atoms with Crippen molar-refractivity contribution in [2.45, 2.75) is 24.6 Å². The number of hydrogen-bond donors (Lipinski definition) is 1. The van der Waals surface area contributed by atoms with E-state index in [-0.39, 0.29) is 28.7 Å². The molecule has 12 heteroatoms. The number of alkyl halides is 4. The van der Waals surface area contributed by atoms with Crippen LogP contribution >= 0.6 is 11.8 Å². The molecule has 0 aliphatic heterocycles. The summed E-state index contributed by atoms with van der Waals surface area (Å²) in [5.41, 5.74) is -1.50. The Balaban J connectivity index is 2.13. The van der Waals surface area contributed by atoms with Crippen LogP contribution < -0.4 is 10.3 Å². The van der Waals surface area contributed by atoms with E-state index in [9.17, 15) is 27.6 Å². The fourth-order valence-electron chi connectivity index (χ4n) is 2.93. The molecule has 0 amide bonds. The number of aromatic nitrogens is 4. The van der Waals surface area contributed by atoms with Crippen LogP contribution in [0, 0.1) is 11.3 Å². The van der Waals surface area contributed by atoms with Gasteiger partial charge in [0.05, 0.1) is 19.3 Å². The summed E-state index contributed by atoms with van der Waals surface area (Å²) in [5.74, 6) is 0.284. The van der Waals surface area contributed by atoms with Gasteiger partial charge >= 0.3 is 0 Å². The Kier molecular flexibility index (Phi) is 6.65. The molecule has 0 saturated carbocycles. The van der Waals surface area contributed by atoms with Gasteiger partial charge in [-0.2, -0.15) is 10.4 Å². The number of nitrogens with one attached hydrogen (secondary N) is 1. The summed E-state index contributed by atoms with van der Waals surface area (Å²) in [7, 11) is 1.36. The minimum Gasteiger partial charge on any atom is -0.496 e. The van der Waals surface area contributed by atoms with E-state index in [1.54, 1.807) is 18.4 Å². The van der Waals surface area contributed by atoms with Gasteiger partial charge in [-0.3, -0.25) is 9.48 Å². The first kappa shape index (κ1) is 22.4. The van der Waals surface area contributed by atoms with Crippen LogP contribution in [-0.2, 0) is 6.54 Å². The smallest absolute Gasteiger partial charge is 0.282 e. The summed E-state index contributed by atoms with van der Waals surface area (Å²) >= 11 is 1.17. The average Bonchev–Trinajstić information content (AvgIpc) is 3.17. The molecule has 0 atom stereocenters. The predicted octanol–water partition coefficient (Wildman–Crippen LogP) is 4.16. The van der Waals surface area contributed by atoms with Gasteiger partial charge in [0.15, 0.2) is 5.16 Å². The van der Waals surface area contributed by atoms with Crippen LogP contribution in [0.4, 0.5) is 17.6 Å². The molecule has 0 spiro atoms. The van der Waals surface area contributed by atoms with Crippen molar-refractivity contribution in [1.82, 2.24) is 19.7 Å². The van der Waals surface area contributed by atoms with Gasteiger partial charge in [0.25, 0.3) is 18.4 Å². The molecule has 2 aromatic heterocycles. The number of methoxy groups -OCH3 is 1. The van der Waals surface area contributed by atoms with Gasteiger partial charge in [-0.15, -0.1) is 0 Å². The Morgan fingerprint density at radius 3 is 2.58 bits per heavy atom. The van der Waals surface area contributed by atoms with Crippen molar-refractivity contribution in [2.75, 3.05) is 13.4 Å². The zero-order chi connectivity index (χ0) is 22.7. The van der Waals surface area contributed by atoms with E-state index in [1.807, 2.05) is 0 Å². The van der Waals surface area contributed by atoms with Gasteiger partial charge in [0.2, 0.25) is 0 Å². The Morgan fingerprint density at radius 1 is 1.26 bits per heavy atom. The fraction of sp³-hybridized carbons (Fsp3) is 0.263. The van der Waals surface area contributed by atoms with Crippen LogP contribution in [0.3, 0.4) is 0 Å². The van der Waals surface area contributed by atoms with Crippen molar-refractivity contribution in [3.63, 3.8) is 0 Å². The Hall–Kier alpha value is -3.33. The standard InChI is InChI=1S/C19H15F4N5O2S/c1-30-14-4-3-9(15-11(7-24)18(29)26-19(25-15)31-2)5-10(14)8-28-13(17(22)23)6-12(27-28)16(20)21/h3-6,16-17H,8H2,1-2H3,(H,25,26,29). The molecule has 0 unspecified atom stereocenters. The summed E-state index contributed by atoms with van der Waals surface area (Å²) in [4.78, 5) is 18.9. The lowest BCUT2D eigenvalue weighted by molar-refractivity contribution is 0.139. The van der Waals surface area contributed by atoms with Gasteiger partial charge in [0.1, 0.15) is 28.8 Å². The number of nitrogens with zero attached hydrogens (tertiary/aromatic N) is 4. The fourth-order valence-corrected chi connectivity index (χ4v) is 3.31. The molecule has 1 N–H and O–H groups in total. The van der Waals surface area contributed by atoms with Gasteiger partial charge in [-0.05, 0) is 30.5 Å². The van der Waals surface area contributed by atoms with Gasteiger partial charge < -0.3 is 9.72 Å². The number of nitriles is 1. The zero-order valence-electron chi connectivity index (χ0n) is 16.2. The van der Waals surface area contributed by atoms with E-state index in [0.717, 1.165) is 4.68 Å². The highest BCUT2D eigenvalue weighted by Gasteiger charge is 2.22. The zero-order valence-corrected chi connectivity index (χ0v) is 17.0. The number of benzene rings is 1. The average molecular weight is 453 g/mol. The Labute approximate surface area is 177 Å². The number of ether oxygens (including phenoxy) is 1. The van der Waals surface area contributed by atoms with Gasteiger partial charge in [-0.25, -0.2) is 22.5 Å². The first-order valence-electron chi connectivity index (χ1n) is 8.68. The maximum Gasteiger partial charge on any atom is 0.282 e. The van der Waals surface area contributed by atoms with Crippen molar-refractivity contribution < 1.29 is 22.3 Å². The highest BCUT2D eigenvalue weighted by Crippen LogP contribution is 2.30. The SMILES string of the molecule is COc1ccc(-c2nc(SC)[nH]c(=O)c2C#N)cc1Cn1nc(C(F)F)cc1C(F)F. The molecule has 162 valence electrons. The van der Waals surface area contributed by atoms with E-state index >= 15 is 0 Å². The van der Waals surface area contributed by atoms with Crippen molar-refractivity contribution in [1.29, 1.82) is 5.26 Å². The number of hydrogen-bond acceptors (Lipinski definition) is 6. The van der Waals surface area contributed by atoms with Gasteiger partial charge in [-0.1, -0.05) is 11.8 Å². The van der Waals surface area contributed by atoms with Crippen LogP contribution in [0.25, 0.3) is 11.3 Å². The molecular formula is C19H15F4N5O2S. The minimum atomic E-state index is -3.02. The van der Waals surface area contributed by atoms with Crippen LogP contribution in [0.15, 0.2) is 34.2 Å². The third kappa shape index (κ3) is 4.56. The monoisotopic (exact) mass is 453 g/mol. The molecule has 0 aliphatic carbocycles. The second-order valence-electron chi connectivity index (χ2n) is 6.19. The summed E-state index contributed by atoms with van der Waals surface area (Å²) in [6, 6.07) is 7.01. The Bertz CT molecular complexity index is 1200. The maximum atomic E-state index is 13.3. The largest absolute Gasteiger partial charge is 0.496 e. The lowest BCUT2D eigenvalue weighted by atomic mass is 10.0. The van der Waals surface area contributed by atoms with E-state index in [0.29, 0.717) is 17.2 Å². The number of thioether (sulfide) groups is 1. The highest BCUT2D eigenvalue weighted by molar-refractivity contribution is 7.98. The van der Waals surface area contributed by atoms with E-state index in [4.69, 9.17) is 4.74 Å². The molecule has 31 heavy (non-hydrogen) atoms. The molecule has 3 aromatic rings. The number of rotatable bonds is 7. The molecule has 0 bridgehead atoms. The lowest BCUT2D eigenvalue weighted by Gasteiger charge is -2.13. The summed E-state index contributed by atoms with van der Waals surface area (Å²) in [6.45, 7) is -0.302. The van der Waals surface area contributed by atoms with E-state index in [2.05, 4.69) is 15.1 Å². The maximum absolute atomic E-state index is 13.3. The highest BCUT2D eigenvalue weighted by atomic mass is 32.2. The van der Waals surface area contributed by atoms with Crippen molar-refractivity contribution in [3.8, 4) is 23.1 Å².